The molecule has 8 heteroatoms. The smallest absolute Gasteiger partial charge is 0.438 e. The van der Waals surface area contributed by atoms with Crippen LogP contribution in [0.1, 0.15) is 52.4 Å². The average Bonchev–Trinajstić information content (AvgIpc) is 3.02. The van der Waals surface area contributed by atoms with Crippen LogP contribution in [0.15, 0.2) is 11.6 Å². The van der Waals surface area contributed by atoms with Gasteiger partial charge in [-0.15, -0.1) is 0 Å². The van der Waals surface area contributed by atoms with Gasteiger partial charge >= 0.3 is 12.3 Å². The average molecular weight is 437 g/mol. The summed E-state index contributed by atoms with van der Waals surface area (Å²) in [5.41, 5.74) is 0.0728. The molecule has 0 aliphatic heterocycles. The summed E-state index contributed by atoms with van der Waals surface area (Å²) in [6.07, 6.45) is 2.33. The van der Waals surface area contributed by atoms with Crippen molar-refractivity contribution in [3.8, 4) is 0 Å². The molecule has 8 nitrogen and oxygen atoms in total. The van der Waals surface area contributed by atoms with Crippen molar-refractivity contribution < 1.29 is 38.4 Å². The predicted molar refractivity (Wildman–Crippen MR) is 108 cm³/mol. The van der Waals surface area contributed by atoms with Gasteiger partial charge in [-0.2, -0.15) is 0 Å². The molecule has 0 saturated heterocycles. The maximum Gasteiger partial charge on any atom is 0.508 e. The molecule has 3 saturated carbocycles. The van der Waals surface area contributed by atoms with Gasteiger partial charge in [-0.25, -0.2) is 9.59 Å². The summed E-state index contributed by atoms with van der Waals surface area (Å²) in [5.74, 6) is -0.125. The largest absolute Gasteiger partial charge is 0.508 e. The Morgan fingerprint density at radius 1 is 1.06 bits per heavy atom. The second-order valence-corrected chi connectivity index (χ2v) is 9.94. The Bertz CT molecular complexity index is 805. The zero-order valence-electron chi connectivity index (χ0n) is 18.6. The molecule has 4 aliphatic carbocycles. The van der Waals surface area contributed by atoms with Gasteiger partial charge in [-0.1, -0.05) is 19.4 Å². The first-order chi connectivity index (χ1) is 14.6. The highest BCUT2D eigenvalue weighted by Gasteiger charge is 2.64. The summed E-state index contributed by atoms with van der Waals surface area (Å²) in [6, 6.07) is 0. The van der Waals surface area contributed by atoms with Gasteiger partial charge in [0.15, 0.2) is 0 Å². The number of carbonyl (C=O) groups is 3. The Morgan fingerprint density at radius 2 is 1.74 bits per heavy atom. The van der Waals surface area contributed by atoms with Crippen LogP contribution in [-0.4, -0.2) is 55.7 Å². The summed E-state index contributed by atoms with van der Waals surface area (Å²) in [5, 5.41) is 11.3. The number of carbonyl (C=O) groups excluding carboxylic acids is 3. The fourth-order valence-electron chi connectivity index (χ4n) is 7.04. The zero-order valence-corrected chi connectivity index (χ0v) is 18.6. The molecule has 0 bridgehead atoms. The van der Waals surface area contributed by atoms with Crippen molar-refractivity contribution in [2.45, 2.75) is 70.7 Å². The Balaban J connectivity index is 1.73. The van der Waals surface area contributed by atoms with Crippen LogP contribution in [-0.2, 0) is 23.7 Å². The number of hydrogen-bond acceptors (Lipinski definition) is 8. The maximum atomic E-state index is 12.8. The lowest BCUT2D eigenvalue weighted by molar-refractivity contribution is -0.159. The van der Waals surface area contributed by atoms with Crippen molar-refractivity contribution in [2.24, 2.45) is 28.6 Å². The summed E-state index contributed by atoms with van der Waals surface area (Å²) in [7, 11) is 2.54. The molecule has 8 atom stereocenters. The monoisotopic (exact) mass is 436 g/mol. The van der Waals surface area contributed by atoms with Gasteiger partial charge in [0.2, 0.25) is 0 Å². The topological polar surface area (TPSA) is 108 Å². The van der Waals surface area contributed by atoms with Crippen molar-refractivity contribution in [3.05, 3.63) is 11.6 Å². The minimum atomic E-state index is -0.784. The van der Waals surface area contributed by atoms with E-state index < -0.39 is 29.9 Å². The zero-order chi connectivity index (χ0) is 22.6. The van der Waals surface area contributed by atoms with Gasteiger partial charge in [0.1, 0.15) is 18.0 Å². The molecule has 0 aromatic heterocycles. The minimum Gasteiger partial charge on any atom is -0.438 e. The summed E-state index contributed by atoms with van der Waals surface area (Å²) in [6.45, 7) is 4.09. The van der Waals surface area contributed by atoms with Gasteiger partial charge in [-0.05, 0) is 43.1 Å². The molecule has 172 valence electrons. The van der Waals surface area contributed by atoms with E-state index in [1.54, 1.807) is 0 Å². The van der Waals surface area contributed by atoms with Gasteiger partial charge in [0.05, 0.1) is 20.3 Å². The highest BCUT2D eigenvalue weighted by atomic mass is 16.7. The number of methoxy groups -OCH3 is 2. The SMILES string of the molecule is COC(=O)OC1C=C2C[C@@H](OC(=O)OC)CC[C@]2(C)C2C(O)C[C@]3(C)C(=O)CCC3C12. The summed E-state index contributed by atoms with van der Waals surface area (Å²) in [4.78, 5) is 36.4. The molecule has 4 rings (SSSR count). The highest BCUT2D eigenvalue weighted by molar-refractivity contribution is 5.87. The van der Waals surface area contributed by atoms with Crippen molar-refractivity contribution in [1.29, 1.82) is 0 Å². The fraction of sp³-hybridized carbons (Fsp3) is 0.783. The number of Topliss-reactive ketones (excluding diaryl/α,β-unsaturated/α-hetero) is 1. The lowest BCUT2D eigenvalue weighted by Gasteiger charge is -2.59. The van der Waals surface area contributed by atoms with Gasteiger partial charge in [-0.3, -0.25) is 4.79 Å². The lowest BCUT2D eigenvalue weighted by atomic mass is 9.46. The normalized spacial score (nSPS) is 43.6. The van der Waals surface area contributed by atoms with E-state index in [1.807, 2.05) is 13.0 Å². The van der Waals surface area contributed by atoms with Gasteiger partial charge in [0, 0.05) is 30.1 Å². The van der Waals surface area contributed by atoms with Crippen LogP contribution in [0.25, 0.3) is 0 Å². The second kappa shape index (κ2) is 7.80. The number of ether oxygens (including phenoxy) is 4. The molecule has 1 N–H and O–H groups in total. The minimum absolute atomic E-state index is 0.0294. The summed E-state index contributed by atoms with van der Waals surface area (Å²) < 4.78 is 20.5. The number of ketones is 1. The Kier molecular flexibility index (Phi) is 5.56. The first kappa shape index (κ1) is 22.1. The van der Waals surface area contributed by atoms with Crippen molar-refractivity contribution in [3.63, 3.8) is 0 Å². The van der Waals surface area contributed by atoms with Crippen molar-refractivity contribution in [1.82, 2.24) is 0 Å². The van der Waals surface area contributed by atoms with Crippen molar-refractivity contribution in [2.75, 3.05) is 14.2 Å². The van der Waals surface area contributed by atoms with Crippen LogP contribution in [0, 0.1) is 28.6 Å². The molecule has 0 aromatic rings. The molecule has 0 aromatic carbocycles. The van der Waals surface area contributed by atoms with E-state index >= 15 is 0 Å². The third kappa shape index (κ3) is 3.43. The van der Waals surface area contributed by atoms with E-state index in [0.29, 0.717) is 25.7 Å². The summed E-state index contributed by atoms with van der Waals surface area (Å²) >= 11 is 0. The lowest BCUT2D eigenvalue weighted by Crippen LogP contribution is -2.60. The molecular weight excluding hydrogens is 404 g/mol. The number of rotatable bonds is 2. The van der Waals surface area contributed by atoms with Crippen LogP contribution in [0.3, 0.4) is 0 Å². The maximum absolute atomic E-state index is 12.8. The van der Waals surface area contributed by atoms with E-state index in [-0.39, 0.29) is 35.1 Å². The van der Waals surface area contributed by atoms with E-state index in [4.69, 9.17) is 14.2 Å². The van der Waals surface area contributed by atoms with Gasteiger partial charge in [0.25, 0.3) is 0 Å². The molecule has 5 unspecified atom stereocenters. The first-order valence-corrected chi connectivity index (χ1v) is 11.1. The third-order valence-corrected chi connectivity index (χ3v) is 8.54. The molecule has 0 heterocycles. The Hall–Kier alpha value is -2.09. The highest BCUT2D eigenvalue weighted by Crippen LogP contribution is 2.64. The van der Waals surface area contributed by atoms with Crippen LogP contribution in [0.4, 0.5) is 9.59 Å². The molecule has 0 spiro atoms. The number of aliphatic hydroxyl groups is 1. The molecule has 31 heavy (non-hydrogen) atoms. The number of hydrogen-bond donors (Lipinski definition) is 1. The fourth-order valence-corrected chi connectivity index (χ4v) is 7.04. The Labute approximate surface area is 182 Å². The standard InChI is InChI=1S/C23H32O8/c1-22-8-7-13(30-20(26)28-3)9-12(22)10-16(31-21(27)29-4)18-14-5-6-17(25)23(14,2)11-15(24)19(18)22/h10,13-16,18-19,24H,5-9,11H2,1-4H3/t13-,14?,15?,16?,18?,19?,22-,23-/m0/s1. The third-order valence-electron chi connectivity index (χ3n) is 8.54. The molecule has 4 aliphatic rings. The van der Waals surface area contributed by atoms with Crippen LogP contribution < -0.4 is 0 Å². The molecule has 3 fully saturated rings. The first-order valence-electron chi connectivity index (χ1n) is 11.1. The van der Waals surface area contributed by atoms with Crippen LogP contribution in [0.5, 0.6) is 0 Å². The van der Waals surface area contributed by atoms with Crippen LogP contribution in [0.2, 0.25) is 0 Å². The van der Waals surface area contributed by atoms with E-state index in [2.05, 4.69) is 11.7 Å². The van der Waals surface area contributed by atoms with E-state index in [1.165, 1.54) is 14.2 Å². The van der Waals surface area contributed by atoms with Crippen molar-refractivity contribution >= 4 is 18.1 Å². The van der Waals surface area contributed by atoms with Crippen LogP contribution >= 0.6 is 0 Å². The number of aliphatic hydroxyl groups excluding tert-OH is 1. The number of fused-ring (bicyclic) bond motifs is 5. The quantitative estimate of drug-likeness (QED) is 0.518. The van der Waals surface area contributed by atoms with Gasteiger partial charge < -0.3 is 24.1 Å². The molecular formula is C23H32O8. The molecule has 0 amide bonds. The van der Waals surface area contributed by atoms with E-state index in [9.17, 15) is 19.5 Å². The Morgan fingerprint density at radius 3 is 2.42 bits per heavy atom. The van der Waals surface area contributed by atoms with E-state index in [0.717, 1.165) is 18.4 Å². The molecule has 0 radical (unpaired) electrons. The second-order valence-electron chi connectivity index (χ2n) is 9.94. The predicted octanol–water partition coefficient (Wildman–Crippen LogP) is 3.40.